The van der Waals surface area contributed by atoms with Crippen LogP contribution in [0.1, 0.15) is 18.4 Å². The highest BCUT2D eigenvalue weighted by Gasteiger charge is 2.61. The van der Waals surface area contributed by atoms with E-state index < -0.39 is 37.9 Å². The number of nitrogens with one attached hydrogen (secondary N) is 2. The van der Waals surface area contributed by atoms with Gasteiger partial charge in [-0.3, -0.25) is 5.41 Å². The maximum absolute atomic E-state index is 14.7. The summed E-state index contributed by atoms with van der Waals surface area (Å²) < 4.78 is 28.0. The van der Waals surface area contributed by atoms with E-state index in [0.29, 0.717) is 24.8 Å². The van der Waals surface area contributed by atoms with Crippen molar-refractivity contribution in [2.75, 3.05) is 26.7 Å². The lowest BCUT2D eigenvalue weighted by Gasteiger charge is -2.43. The number of rotatable bonds is 8. The molecule has 0 aromatic heterocycles. The van der Waals surface area contributed by atoms with Gasteiger partial charge in [0, 0.05) is 32.5 Å². The summed E-state index contributed by atoms with van der Waals surface area (Å²) in [4.78, 5) is 28.4. The number of fused-ring (bicyclic) bond motifs is 1. The van der Waals surface area contributed by atoms with E-state index in [0.717, 1.165) is 10.9 Å². The van der Waals surface area contributed by atoms with Crippen molar-refractivity contribution >= 4 is 38.8 Å². The number of carboxylic acid groups (broad SMARTS) is 1. The predicted octanol–water partition coefficient (Wildman–Crippen LogP) is 2.99. The zero-order valence-corrected chi connectivity index (χ0v) is 22.6. The Morgan fingerprint density at radius 1 is 1.10 bits per heavy atom. The summed E-state index contributed by atoms with van der Waals surface area (Å²) in [6, 6.07) is 18.3. The van der Waals surface area contributed by atoms with Crippen molar-refractivity contribution in [3.05, 3.63) is 78.4 Å². The standard InChI is InChI=1S/C28H33N5O5S/c1-31-28(36)33(17-15-20-8-3-2-4-9-20,25(26(34)35)23-12-7-16-32(19-23)27(29)30)39(37,38)24-14-13-21-10-5-6-11-22(21)18-24/h2-6,8-11,13-14,18,23,25H,7,12,15-17,19H2,1H3,(H4-,29,30,31,34,35,36)/p+1/t23-,25?,33?/m0/s1. The fraction of sp³-hybridized carbons (Fsp3) is 0.321. The molecule has 1 saturated heterocycles. The fourth-order valence-electron chi connectivity index (χ4n) is 5.60. The monoisotopic (exact) mass is 552 g/mol. The number of carbonyl (C=O) groups is 2. The number of quaternary nitrogens is 1. The molecule has 11 heteroatoms. The van der Waals surface area contributed by atoms with Crippen LogP contribution in [0.4, 0.5) is 4.79 Å². The molecule has 10 nitrogen and oxygen atoms in total. The van der Waals surface area contributed by atoms with E-state index >= 15 is 0 Å². The second kappa shape index (κ2) is 11.4. The van der Waals surface area contributed by atoms with Gasteiger partial charge in [0.25, 0.3) is 0 Å². The van der Waals surface area contributed by atoms with Crippen LogP contribution < -0.4 is 11.1 Å². The quantitative estimate of drug-likeness (QED) is 0.190. The van der Waals surface area contributed by atoms with Crippen molar-refractivity contribution in [2.24, 2.45) is 11.7 Å². The first-order valence-corrected chi connectivity index (χ1v) is 14.3. The van der Waals surface area contributed by atoms with Gasteiger partial charge in [-0.15, -0.1) is 3.89 Å². The molecule has 3 atom stereocenters. The second-order valence-electron chi connectivity index (χ2n) is 9.81. The zero-order chi connectivity index (χ0) is 28.2. The molecule has 1 aliphatic heterocycles. The lowest BCUT2D eigenvalue weighted by molar-refractivity contribution is -0.748. The third-order valence-electron chi connectivity index (χ3n) is 7.53. The van der Waals surface area contributed by atoms with Crippen LogP contribution >= 0.6 is 0 Å². The maximum atomic E-state index is 14.7. The van der Waals surface area contributed by atoms with Gasteiger partial charge in [-0.25, -0.2) is 9.59 Å². The molecule has 0 spiro atoms. The molecule has 1 heterocycles. The molecule has 206 valence electrons. The molecule has 5 N–H and O–H groups in total. The van der Waals surface area contributed by atoms with E-state index in [-0.39, 0.29) is 30.4 Å². The largest absolute Gasteiger partial charge is 0.477 e. The molecule has 39 heavy (non-hydrogen) atoms. The van der Waals surface area contributed by atoms with E-state index in [1.165, 1.54) is 24.1 Å². The van der Waals surface area contributed by atoms with Gasteiger partial charge >= 0.3 is 22.0 Å². The topological polar surface area (TPSA) is 154 Å². The number of benzene rings is 3. The average Bonchev–Trinajstić information content (AvgIpc) is 2.94. The normalized spacial score (nSPS) is 18.2. The number of nitrogens with two attached hydrogens (primary N) is 1. The molecule has 3 aromatic rings. The number of guanidine groups is 1. The van der Waals surface area contributed by atoms with Gasteiger partial charge in [0.15, 0.2) is 5.96 Å². The molecule has 2 unspecified atom stereocenters. The van der Waals surface area contributed by atoms with Crippen LogP contribution in [0.5, 0.6) is 0 Å². The van der Waals surface area contributed by atoms with Gasteiger partial charge < -0.3 is 21.1 Å². The Bertz CT molecular complexity index is 1480. The van der Waals surface area contributed by atoms with E-state index in [1.54, 1.807) is 18.2 Å². The van der Waals surface area contributed by atoms with E-state index in [2.05, 4.69) is 5.32 Å². The fourth-order valence-corrected chi connectivity index (χ4v) is 7.69. The first-order chi connectivity index (χ1) is 18.6. The van der Waals surface area contributed by atoms with Crippen LogP contribution in [0.3, 0.4) is 0 Å². The van der Waals surface area contributed by atoms with Crippen molar-refractivity contribution in [1.82, 2.24) is 10.2 Å². The highest BCUT2D eigenvalue weighted by Crippen LogP contribution is 2.37. The number of nitrogens with zero attached hydrogens (tertiary/aromatic N) is 2. The van der Waals surface area contributed by atoms with E-state index in [4.69, 9.17) is 11.1 Å². The third-order valence-corrected chi connectivity index (χ3v) is 9.81. The lowest BCUT2D eigenvalue weighted by atomic mass is 9.89. The molecule has 4 rings (SSSR count). The Labute approximate surface area is 228 Å². The average molecular weight is 553 g/mol. The maximum Gasteiger partial charge on any atom is 0.432 e. The molecule has 3 aromatic carbocycles. The van der Waals surface area contributed by atoms with Gasteiger partial charge in [-0.2, -0.15) is 8.42 Å². The zero-order valence-electron chi connectivity index (χ0n) is 21.8. The Balaban J connectivity index is 1.94. The van der Waals surface area contributed by atoms with Gasteiger partial charge in [0.2, 0.25) is 6.04 Å². The second-order valence-corrected chi connectivity index (χ2v) is 11.9. The number of urea groups is 1. The van der Waals surface area contributed by atoms with E-state index in [9.17, 15) is 23.1 Å². The molecule has 1 aliphatic rings. The minimum Gasteiger partial charge on any atom is -0.477 e. The van der Waals surface area contributed by atoms with Crippen LogP contribution in [-0.4, -0.2) is 73.0 Å². The summed E-state index contributed by atoms with van der Waals surface area (Å²) in [5.74, 6) is -2.38. The smallest absolute Gasteiger partial charge is 0.432 e. The predicted molar refractivity (Wildman–Crippen MR) is 148 cm³/mol. The van der Waals surface area contributed by atoms with Crippen molar-refractivity contribution in [2.45, 2.75) is 30.2 Å². The molecule has 0 bridgehead atoms. The molecular weight excluding hydrogens is 518 g/mol. The summed E-state index contributed by atoms with van der Waals surface area (Å²) in [7, 11) is -3.31. The number of carbonyl (C=O) groups excluding carboxylic acids is 1. The Kier molecular flexibility index (Phi) is 8.22. The molecule has 0 saturated carbocycles. The van der Waals surface area contributed by atoms with Crippen LogP contribution in [-0.2, 0) is 21.2 Å². The summed E-state index contributed by atoms with van der Waals surface area (Å²) in [6.07, 6.45) is 1.03. The summed E-state index contributed by atoms with van der Waals surface area (Å²) >= 11 is 0. The first kappa shape index (κ1) is 28.1. The molecule has 1 fully saturated rings. The van der Waals surface area contributed by atoms with Crippen LogP contribution in [0, 0.1) is 11.3 Å². The molecule has 2 amide bonds. The summed E-state index contributed by atoms with van der Waals surface area (Å²) in [5.41, 5.74) is 6.50. The Hall–Kier alpha value is -3.96. The van der Waals surface area contributed by atoms with Crippen molar-refractivity contribution in [3.8, 4) is 0 Å². The highest BCUT2D eigenvalue weighted by atomic mass is 32.2. The number of hydrogen-bond acceptors (Lipinski definition) is 5. The Morgan fingerprint density at radius 3 is 2.41 bits per heavy atom. The molecule has 0 radical (unpaired) electrons. The Morgan fingerprint density at radius 2 is 1.77 bits per heavy atom. The van der Waals surface area contributed by atoms with E-state index in [1.807, 2.05) is 42.5 Å². The van der Waals surface area contributed by atoms with Gasteiger partial charge in [0.1, 0.15) is 11.4 Å². The summed E-state index contributed by atoms with van der Waals surface area (Å²) in [5, 5.41) is 22.5. The lowest BCUT2D eigenvalue weighted by Crippen LogP contribution is -2.71. The van der Waals surface area contributed by atoms with Gasteiger partial charge in [-0.1, -0.05) is 60.7 Å². The number of hydrogen-bond donors (Lipinski definition) is 4. The number of sulfonamides is 1. The first-order valence-electron chi connectivity index (χ1n) is 12.8. The molecule has 0 aliphatic carbocycles. The van der Waals surface area contributed by atoms with Crippen LogP contribution in [0.2, 0.25) is 0 Å². The van der Waals surface area contributed by atoms with Crippen molar-refractivity contribution in [3.63, 3.8) is 0 Å². The number of likely N-dealkylation sites (tertiary alicyclic amines) is 1. The van der Waals surface area contributed by atoms with Crippen LogP contribution in [0.25, 0.3) is 10.8 Å². The van der Waals surface area contributed by atoms with Crippen molar-refractivity contribution in [1.29, 1.82) is 5.41 Å². The molecular formula is C28H34N5O5S+. The summed E-state index contributed by atoms with van der Waals surface area (Å²) in [6.45, 7) is 0.216. The number of amides is 2. The minimum absolute atomic E-state index is 0.0574. The van der Waals surface area contributed by atoms with Crippen molar-refractivity contribution < 1.29 is 27.0 Å². The van der Waals surface area contributed by atoms with Gasteiger partial charge in [-0.05, 0) is 41.3 Å². The number of piperidine rings is 1. The number of aliphatic carboxylic acids is 1. The van der Waals surface area contributed by atoms with Crippen LogP contribution in [0.15, 0.2) is 77.7 Å². The SMILES string of the molecule is CNC(=O)[N+](CCc1ccccc1)(C(C(=O)O)[C@H]1CCCN(C(=N)N)C1)S(=O)(=O)c1ccc2ccccc2c1. The minimum atomic E-state index is -4.63. The van der Waals surface area contributed by atoms with Gasteiger partial charge in [0.05, 0.1) is 0 Å². The highest BCUT2D eigenvalue weighted by molar-refractivity contribution is 7.86. The number of carboxylic acids is 1. The third kappa shape index (κ3) is 5.32.